The van der Waals surface area contributed by atoms with Crippen LogP contribution in [0, 0.1) is 5.92 Å². The number of aromatic nitrogens is 5. The van der Waals surface area contributed by atoms with Gasteiger partial charge in [-0.05, 0) is 62.5 Å². The Labute approximate surface area is 336 Å². The molecule has 2 fully saturated rings. The molecule has 3 aliphatic rings. The highest BCUT2D eigenvalue weighted by Crippen LogP contribution is 2.41. The number of amides is 3. The van der Waals surface area contributed by atoms with E-state index < -0.39 is 40.9 Å². The molecule has 300 valence electrons. The second-order valence-electron chi connectivity index (χ2n) is 14.4. The summed E-state index contributed by atoms with van der Waals surface area (Å²) in [4.78, 5) is 69.6. The quantitative estimate of drug-likeness (QED) is 0.0551. The Morgan fingerprint density at radius 2 is 1.93 bits per heavy atom. The molecule has 3 aromatic heterocycles. The number of nitrogens with one attached hydrogen (secondary N) is 3. The van der Waals surface area contributed by atoms with Crippen LogP contribution in [0.5, 0.6) is 5.75 Å². The lowest BCUT2D eigenvalue weighted by molar-refractivity contribution is -0.664. The summed E-state index contributed by atoms with van der Waals surface area (Å²) in [5.74, 6) is -0.532. The zero-order valence-corrected chi connectivity index (χ0v) is 33.6. The Hall–Kier alpha value is -5.60. The highest BCUT2D eigenvalue weighted by Gasteiger charge is 2.55. The number of carbonyl (C=O) groups is 4. The lowest BCUT2D eigenvalue weighted by Crippen LogP contribution is -2.71. The summed E-state index contributed by atoms with van der Waals surface area (Å²) in [7, 11) is 1.57. The van der Waals surface area contributed by atoms with E-state index in [1.54, 1.807) is 59.1 Å². The highest BCUT2D eigenvalue weighted by molar-refractivity contribution is 8.00. The Balaban J connectivity index is 1.12. The monoisotopic (exact) mass is 819 g/mol. The van der Waals surface area contributed by atoms with Crippen molar-refractivity contribution in [3.63, 3.8) is 0 Å². The number of imidazole rings is 1. The third-order valence-electron chi connectivity index (χ3n) is 9.13. The van der Waals surface area contributed by atoms with Crippen LogP contribution in [0.2, 0.25) is 0 Å². The number of benzene rings is 1. The van der Waals surface area contributed by atoms with Crippen LogP contribution in [0.3, 0.4) is 0 Å². The van der Waals surface area contributed by atoms with Gasteiger partial charge in [0, 0.05) is 48.4 Å². The van der Waals surface area contributed by atoms with E-state index in [9.17, 15) is 19.2 Å². The maximum Gasteiger partial charge on any atom is 0.414 e. The summed E-state index contributed by atoms with van der Waals surface area (Å²) < 4.78 is 24.6. The maximum atomic E-state index is 14.0. The van der Waals surface area contributed by atoms with Gasteiger partial charge in [0.25, 0.3) is 11.8 Å². The zero-order valence-electron chi connectivity index (χ0n) is 32.0. The second-order valence-corrected chi connectivity index (χ2v) is 16.3. The molecule has 3 amide bonds. The summed E-state index contributed by atoms with van der Waals surface area (Å²) in [6.45, 7) is 9.98. The number of esters is 1. The van der Waals surface area contributed by atoms with Crippen LogP contribution in [-0.2, 0) is 48.4 Å². The number of pyridine rings is 1. The molecular weight excluding hydrogens is 777 g/mol. The van der Waals surface area contributed by atoms with E-state index in [1.165, 1.54) is 16.7 Å². The average Bonchev–Trinajstić information content (AvgIpc) is 3.81. The lowest BCUT2D eigenvalue weighted by Gasteiger charge is -2.49. The zero-order chi connectivity index (χ0) is 40.3. The first kappa shape index (κ1) is 39.6. The van der Waals surface area contributed by atoms with Gasteiger partial charge in [-0.3, -0.25) is 19.8 Å². The molecule has 2 atom stereocenters. The van der Waals surface area contributed by atoms with Crippen molar-refractivity contribution in [2.45, 2.75) is 64.4 Å². The summed E-state index contributed by atoms with van der Waals surface area (Å²) in [5, 5.41) is 11.9. The number of carbonyl (C=O) groups excluding carboxylic acids is 4. The molecule has 18 nitrogen and oxygen atoms in total. The normalized spacial score (nSPS) is 18.4. The van der Waals surface area contributed by atoms with Gasteiger partial charge in [0.1, 0.15) is 53.7 Å². The molecule has 0 saturated carbocycles. The van der Waals surface area contributed by atoms with Crippen molar-refractivity contribution < 1.29 is 42.8 Å². The van der Waals surface area contributed by atoms with Crippen molar-refractivity contribution in [1.29, 1.82) is 0 Å². The standard InChI is InChI=1S/C37H42N10O8S2/c1-6-54-43-26(29-41-35(57-44-29)42-36(51)55-37(2,3)4)31(48)40-27-32(49)47-28(34(50)53-18-21-9-11-24(52-5)12-10-21)23(19-56-33(27)47)17-45-13-7-8-25-30(45)39-20-46(25)16-22-14-38-15-22/h7-13,20,22,27,33,38H,6,14-19H2,1-5H3,(H-,40,41,42,44,48,51)/p+1/b43-26-. The minimum absolute atomic E-state index is 0.0363. The van der Waals surface area contributed by atoms with Gasteiger partial charge >= 0.3 is 17.7 Å². The first-order valence-electron chi connectivity index (χ1n) is 18.3. The molecule has 0 aliphatic carbocycles. The van der Waals surface area contributed by atoms with Gasteiger partial charge < -0.3 is 34.2 Å². The fourth-order valence-electron chi connectivity index (χ4n) is 6.33. The molecule has 7 rings (SSSR count). The van der Waals surface area contributed by atoms with E-state index in [0.29, 0.717) is 23.0 Å². The van der Waals surface area contributed by atoms with Crippen molar-refractivity contribution >= 4 is 69.2 Å². The van der Waals surface area contributed by atoms with Crippen molar-refractivity contribution in [1.82, 2.24) is 34.4 Å². The molecule has 0 spiro atoms. The van der Waals surface area contributed by atoms with Gasteiger partial charge in [0.05, 0.1) is 13.3 Å². The molecule has 2 unspecified atom stereocenters. The molecule has 1 aromatic carbocycles. The molecule has 0 radical (unpaired) electrons. The molecule has 2 saturated heterocycles. The molecular formula is C37H43N10O8S2+. The Morgan fingerprint density at radius 1 is 1.14 bits per heavy atom. The van der Waals surface area contributed by atoms with E-state index >= 15 is 0 Å². The van der Waals surface area contributed by atoms with Crippen molar-refractivity contribution in [2.24, 2.45) is 11.1 Å². The van der Waals surface area contributed by atoms with Crippen LogP contribution in [0.25, 0.3) is 11.2 Å². The number of hydrogen-bond acceptors (Lipinski definition) is 15. The molecule has 20 heteroatoms. The van der Waals surface area contributed by atoms with Crippen LogP contribution < -0.4 is 25.3 Å². The Kier molecular flexibility index (Phi) is 11.7. The molecule has 6 heterocycles. The van der Waals surface area contributed by atoms with Gasteiger partial charge in [-0.25, -0.2) is 14.2 Å². The minimum atomic E-state index is -1.02. The van der Waals surface area contributed by atoms with Gasteiger partial charge in [0.2, 0.25) is 23.0 Å². The van der Waals surface area contributed by atoms with E-state index in [4.69, 9.17) is 24.0 Å². The first-order valence-corrected chi connectivity index (χ1v) is 20.1. The number of nitrogens with zero attached hydrogens (tertiary/aromatic N) is 7. The van der Waals surface area contributed by atoms with Crippen LogP contribution >= 0.6 is 23.3 Å². The topological polar surface area (TPSA) is 204 Å². The molecule has 0 bridgehead atoms. The Bertz CT molecular complexity index is 2230. The first-order chi connectivity index (χ1) is 27.4. The third-order valence-corrected chi connectivity index (χ3v) is 11.1. The van der Waals surface area contributed by atoms with Crippen molar-refractivity contribution in [2.75, 3.05) is 37.9 Å². The number of ether oxygens (including phenoxy) is 3. The predicted octanol–water partition coefficient (Wildman–Crippen LogP) is 2.59. The summed E-state index contributed by atoms with van der Waals surface area (Å²) in [5.41, 5.74) is 2.19. The number of oxime groups is 1. The van der Waals surface area contributed by atoms with Gasteiger partial charge in [-0.15, -0.1) is 11.8 Å². The van der Waals surface area contributed by atoms with Crippen molar-refractivity contribution in [3.8, 4) is 5.75 Å². The summed E-state index contributed by atoms with van der Waals surface area (Å²) in [6, 6.07) is 10.1. The minimum Gasteiger partial charge on any atom is -0.497 e. The highest BCUT2D eigenvalue weighted by atomic mass is 32.2. The number of thioether (sulfide) groups is 1. The average molecular weight is 820 g/mol. The SMILES string of the molecule is CCO/N=C(\C(=O)NC1C(=O)N2C(C(=O)OCc3ccc(OC)cc3)=C(C[n+]3cccc4c3ncn4CC3CNC3)CSC12)c1nsc(NC(=O)OC(C)(C)C)n1. The number of fused-ring (bicyclic) bond motifs is 2. The smallest absolute Gasteiger partial charge is 0.414 e. The number of β-lactam (4-membered cyclic amide) rings is 1. The van der Waals surface area contributed by atoms with Gasteiger partial charge in [0.15, 0.2) is 0 Å². The number of anilines is 1. The van der Waals surface area contributed by atoms with Crippen LogP contribution in [-0.4, -0.2) is 103 Å². The number of methoxy groups -OCH3 is 1. The van der Waals surface area contributed by atoms with Crippen LogP contribution in [0.1, 0.15) is 39.1 Å². The largest absolute Gasteiger partial charge is 0.497 e. The molecule has 3 aliphatic heterocycles. The number of hydrogen-bond donors (Lipinski definition) is 3. The van der Waals surface area contributed by atoms with Crippen LogP contribution in [0.15, 0.2) is 65.3 Å². The third kappa shape index (κ3) is 8.87. The van der Waals surface area contributed by atoms with Crippen LogP contribution in [0.4, 0.5) is 9.93 Å². The molecule has 3 N–H and O–H groups in total. The molecule has 57 heavy (non-hydrogen) atoms. The van der Waals surface area contributed by atoms with Crippen molar-refractivity contribution in [3.05, 3.63) is 71.6 Å². The van der Waals surface area contributed by atoms with E-state index in [1.807, 2.05) is 29.2 Å². The fraction of sp³-hybridized carbons (Fsp3) is 0.432. The Morgan fingerprint density at radius 3 is 2.63 bits per heavy atom. The molecule has 4 aromatic rings. The van der Waals surface area contributed by atoms with Gasteiger partial charge in [-0.1, -0.05) is 17.3 Å². The second kappa shape index (κ2) is 16.9. The predicted molar refractivity (Wildman–Crippen MR) is 209 cm³/mol. The summed E-state index contributed by atoms with van der Waals surface area (Å²) >= 11 is 2.22. The fourth-order valence-corrected chi connectivity index (χ4v) is 8.22. The maximum absolute atomic E-state index is 14.0. The summed E-state index contributed by atoms with van der Waals surface area (Å²) in [6.07, 6.45) is 2.98. The number of rotatable bonds is 14. The van der Waals surface area contributed by atoms with Gasteiger partial charge in [-0.2, -0.15) is 9.36 Å². The lowest BCUT2D eigenvalue weighted by atomic mass is 10.0. The van der Waals surface area contributed by atoms with E-state index in [0.717, 1.165) is 47.9 Å². The van der Waals surface area contributed by atoms with E-state index in [2.05, 4.69) is 35.0 Å². The van der Waals surface area contributed by atoms with E-state index in [-0.39, 0.29) is 42.1 Å².